The van der Waals surface area contributed by atoms with E-state index in [-0.39, 0.29) is 11.4 Å². The SMILES string of the molecule is Cn1cnnc1C(=O)c1cc(Cl)nc(C(F)(F)F)c1. The van der Waals surface area contributed by atoms with E-state index < -0.39 is 22.8 Å². The molecule has 2 heterocycles. The van der Waals surface area contributed by atoms with Crippen molar-refractivity contribution in [1.82, 2.24) is 19.7 Å². The summed E-state index contributed by atoms with van der Waals surface area (Å²) in [6.45, 7) is 0. The minimum absolute atomic E-state index is 0.0876. The lowest BCUT2D eigenvalue weighted by Gasteiger charge is -2.08. The lowest BCUT2D eigenvalue weighted by molar-refractivity contribution is -0.141. The summed E-state index contributed by atoms with van der Waals surface area (Å²) >= 11 is 5.50. The van der Waals surface area contributed by atoms with Crippen LogP contribution in [0.15, 0.2) is 18.5 Å². The number of aromatic nitrogens is 4. The Labute approximate surface area is 110 Å². The Balaban J connectivity index is 2.49. The maximum Gasteiger partial charge on any atom is 0.433 e. The molecular formula is C10H6ClF3N4O. The van der Waals surface area contributed by atoms with Gasteiger partial charge in [-0.1, -0.05) is 11.6 Å². The van der Waals surface area contributed by atoms with Gasteiger partial charge in [0, 0.05) is 12.6 Å². The van der Waals surface area contributed by atoms with Gasteiger partial charge in [0.2, 0.25) is 11.6 Å². The summed E-state index contributed by atoms with van der Waals surface area (Å²) in [6.07, 6.45) is -3.42. The number of carbonyl (C=O) groups is 1. The molecule has 100 valence electrons. The van der Waals surface area contributed by atoms with Crippen LogP contribution in [0.5, 0.6) is 0 Å². The van der Waals surface area contributed by atoms with Crippen molar-refractivity contribution in [3.05, 3.63) is 40.7 Å². The first-order chi connectivity index (χ1) is 8.79. The second-order valence-electron chi connectivity index (χ2n) is 3.66. The average Bonchev–Trinajstić information content (AvgIpc) is 2.72. The molecule has 0 atom stereocenters. The monoisotopic (exact) mass is 290 g/mol. The number of aryl methyl sites for hydroxylation is 1. The highest BCUT2D eigenvalue weighted by Gasteiger charge is 2.34. The molecule has 0 aliphatic rings. The Bertz CT molecular complexity index is 638. The third kappa shape index (κ3) is 2.73. The van der Waals surface area contributed by atoms with Gasteiger partial charge in [-0.05, 0) is 12.1 Å². The molecule has 19 heavy (non-hydrogen) atoms. The number of halogens is 4. The van der Waals surface area contributed by atoms with E-state index in [1.165, 1.54) is 17.9 Å². The molecule has 2 rings (SSSR count). The summed E-state index contributed by atoms with van der Waals surface area (Å²) < 4.78 is 39.0. The van der Waals surface area contributed by atoms with E-state index in [0.29, 0.717) is 6.07 Å². The highest BCUT2D eigenvalue weighted by atomic mass is 35.5. The number of hydrogen-bond acceptors (Lipinski definition) is 4. The van der Waals surface area contributed by atoms with Gasteiger partial charge in [-0.25, -0.2) is 4.98 Å². The Morgan fingerprint density at radius 2 is 2.05 bits per heavy atom. The number of ketones is 1. The van der Waals surface area contributed by atoms with Crippen LogP contribution in [0.4, 0.5) is 13.2 Å². The topological polar surface area (TPSA) is 60.7 Å². The lowest BCUT2D eigenvalue weighted by Crippen LogP contribution is -2.13. The van der Waals surface area contributed by atoms with Crippen molar-refractivity contribution < 1.29 is 18.0 Å². The third-order valence-electron chi connectivity index (χ3n) is 2.26. The quantitative estimate of drug-likeness (QED) is 0.628. The van der Waals surface area contributed by atoms with Crippen molar-refractivity contribution in [2.75, 3.05) is 0 Å². The van der Waals surface area contributed by atoms with Crippen LogP contribution in [0.1, 0.15) is 21.9 Å². The van der Waals surface area contributed by atoms with Gasteiger partial charge in [-0.2, -0.15) is 13.2 Å². The fraction of sp³-hybridized carbons (Fsp3) is 0.200. The predicted octanol–water partition coefficient (Wildman–Crippen LogP) is 2.11. The van der Waals surface area contributed by atoms with E-state index in [9.17, 15) is 18.0 Å². The predicted molar refractivity (Wildman–Crippen MR) is 58.7 cm³/mol. The van der Waals surface area contributed by atoms with Crippen LogP contribution in [0.3, 0.4) is 0 Å². The fourth-order valence-electron chi connectivity index (χ4n) is 1.39. The van der Waals surface area contributed by atoms with Crippen LogP contribution in [0.25, 0.3) is 0 Å². The molecule has 9 heteroatoms. The van der Waals surface area contributed by atoms with Crippen LogP contribution in [-0.2, 0) is 13.2 Å². The Morgan fingerprint density at radius 3 is 2.58 bits per heavy atom. The van der Waals surface area contributed by atoms with E-state index >= 15 is 0 Å². The molecule has 0 spiro atoms. The van der Waals surface area contributed by atoms with E-state index in [2.05, 4.69) is 15.2 Å². The van der Waals surface area contributed by atoms with Crippen molar-refractivity contribution in [1.29, 1.82) is 0 Å². The van der Waals surface area contributed by atoms with Gasteiger partial charge in [0.05, 0.1) is 0 Å². The summed E-state index contributed by atoms with van der Waals surface area (Å²) in [6, 6.07) is 1.68. The van der Waals surface area contributed by atoms with Gasteiger partial charge < -0.3 is 4.57 Å². The van der Waals surface area contributed by atoms with Crippen molar-refractivity contribution in [3.63, 3.8) is 0 Å². The van der Waals surface area contributed by atoms with Crippen molar-refractivity contribution in [3.8, 4) is 0 Å². The van der Waals surface area contributed by atoms with E-state index in [0.717, 1.165) is 6.07 Å². The van der Waals surface area contributed by atoms with E-state index in [1.807, 2.05) is 0 Å². The zero-order valence-corrected chi connectivity index (χ0v) is 10.2. The second kappa shape index (κ2) is 4.61. The molecule has 0 N–H and O–H groups in total. The van der Waals surface area contributed by atoms with Crippen LogP contribution in [0, 0.1) is 0 Å². The molecule has 0 radical (unpaired) electrons. The third-order valence-corrected chi connectivity index (χ3v) is 2.45. The van der Waals surface area contributed by atoms with Gasteiger partial charge in [-0.15, -0.1) is 10.2 Å². The molecule has 0 amide bonds. The summed E-state index contributed by atoms with van der Waals surface area (Å²) in [5.41, 5.74) is -1.48. The molecule has 0 aliphatic carbocycles. The maximum absolute atomic E-state index is 12.6. The minimum Gasteiger partial charge on any atom is -0.314 e. The number of pyridine rings is 1. The summed E-state index contributed by atoms with van der Waals surface area (Å²) in [5, 5.41) is 6.60. The Kier molecular flexibility index (Phi) is 3.27. The summed E-state index contributed by atoms with van der Waals surface area (Å²) in [4.78, 5) is 15.1. The highest BCUT2D eigenvalue weighted by molar-refractivity contribution is 6.30. The number of rotatable bonds is 2. The first-order valence-electron chi connectivity index (χ1n) is 4.92. The van der Waals surface area contributed by atoms with Crippen LogP contribution in [-0.4, -0.2) is 25.5 Å². The lowest BCUT2D eigenvalue weighted by atomic mass is 10.1. The van der Waals surface area contributed by atoms with E-state index in [4.69, 9.17) is 11.6 Å². The number of alkyl halides is 3. The van der Waals surface area contributed by atoms with Crippen molar-refractivity contribution >= 4 is 17.4 Å². The molecule has 0 saturated carbocycles. The summed E-state index contributed by atoms with van der Waals surface area (Å²) in [5.74, 6) is -0.801. The smallest absolute Gasteiger partial charge is 0.314 e. The molecule has 0 fully saturated rings. The van der Waals surface area contributed by atoms with E-state index in [1.54, 1.807) is 0 Å². The second-order valence-corrected chi connectivity index (χ2v) is 4.04. The van der Waals surface area contributed by atoms with Crippen molar-refractivity contribution in [2.24, 2.45) is 7.05 Å². The molecule has 0 unspecified atom stereocenters. The molecule has 2 aromatic heterocycles. The van der Waals surface area contributed by atoms with Crippen LogP contribution < -0.4 is 0 Å². The zero-order valence-electron chi connectivity index (χ0n) is 9.44. The Morgan fingerprint density at radius 1 is 1.37 bits per heavy atom. The first kappa shape index (κ1) is 13.5. The molecule has 0 bridgehead atoms. The molecule has 2 aromatic rings. The maximum atomic E-state index is 12.6. The standard InChI is InChI=1S/C10H6ClF3N4O/c1-18-4-15-17-9(18)8(19)5-2-6(10(12,13)14)16-7(11)3-5/h2-4H,1H3. The molecule has 5 nitrogen and oxygen atoms in total. The van der Waals surface area contributed by atoms with Gasteiger partial charge in [-0.3, -0.25) is 4.79 Å². The first-order valence-corrected chi connectivity index (χ1v) is 5.30. The van der Waals surface area contributed by atoms with Crippen molar-refractivity contribution in [2.45, 2.75) is 6.18 Å². The van der Waals surface area contributed by atoms with Gasteiger partial charge in [0.15, 0.2) is 0 Å². The minimum atomic E-state index is -4.68. The van der Waals surface area contributed by atoms with Gasteiger partial charge in [0.25, 0.3) is 0 Å². The van der Waals surface area contributed by atoms with Gasteiger partial charge in [0.1, 0.15) is 17.2 Å². The zero-order chi connectivity index (χ0) is 14.2. The largest absolute Gasteiger partial charge is 0.433 e. The van der Waals surface area contributed by atoms with Gasteiger partial charge >= 0.3 is 6.18 Å². The number of nitrogens with zero attached hydrogens (tertiary/aromatic N) is 4. The molecular weight excluding hydrogens is 285 g/mol. The highest BCUT2D eigenvalue weighted by Crippen LogP contribution is 2.29. The summed E-state index contributed by atoms with van der Waals surface area (Å²) in [7, 11) is 1.50. The normalized spacial score (nSPS) is 11.6. The van der Waals surface area contributed by atoms with Crippen LogP contribution in [0.2, 0.25) is 5.15 Å². The number of hydrogen-bond donors (Lipinski definition) is 0. The Hall–Kier alpha value is -1.96. The molecule has 0 saturated heterocycles. The molecule has 0 aromatic carbocycles. The molecule has 0 aliphatic heterocycles. The fourth-order valence-corrected chi connectivity index (χ4v) is 1.60. The van der Waals surface area contributed by atoms with Crippen LogP contribution >= 0.6 is 11.6 Å². The number of carbonyl (C=O) groups excluding carboxylic acids is 1. The average molecular weight is 291 g/mol.